The quantitative estimate of drug-likeness (QED) is 0.312. The summed E-state index contributed by atoms with van der Waals surface area (Å²) in [6, 6.07) is 36.9. The number of benzene rings is 4. The first kappa shape index (κ1) is 19.8. The minimum absolute atomic E-state index is 0.559. The van der Waals surface area contributed by atoms with Gasteiger partial charge >= 0.3 is 0 Å². The van der Waals surface area contributed by atoms with E-state index < -0.39 is 7.14 Å². The monoisotopic (exact) mass is 439 g/mol. The number of aromatic nitrogens is 1. The lowest BCUT2D eigenvalue weighted by Gasteiger charge is -2.21. The Morgan fingerprint density at radius 1 is 0.645 bits per heavy atom. The summed E-state index contributed by atoms with van der Waals surface area (Å²) in [7, 11) is -3.26. The largest absolute Gasteiger partial charge is 0.307 e. The van der Waals surface area contributed by atoms with Crippen LogP contribution in [0.1, 0.15) is 0 Å². The maximum absolute atomic E-state index is 15.0. The van der Waals surface area contributed by atoms with Crippen molar-refractivity contribution in [3.05, 3.63) is 120 Å². The Balaban J connectivity index is 1.90. The lowest BCUT2D eigenvalue weighted by atomic mass is 10.1. The van der Waals surface area contributed by atoms with E-state index in [0.717, 1.165) is 32.6 Å². The highest BCUT2D eigenvalue weighted by molar-refractivity contribution is 7.85. The van der Waals surface area contributed by atoms with E-state index in [4.69, 9.17) is 16.6 Å². The normalized spacial score (nSPS) is 11.5. The molecule has 0 unspecified atom stereocenters. The molecule has 0 atom stereocenters. The highest BCUT2D eigenvalue weighted by atomic mass is 35.5. The number of hydrogen-bond acceptors (Lipinski definition) is 2. The molecule has 0 saturated carbocycles. The number of nitrogens with zero attached hydrogens (tertiary/aromatic N) is 1. The van der Waals surface area contributed by atoms with Crippen LogP contribution in [0.5, 0.6) is 0 Å². The Hall–Kier alpha value is -3.19. The van der Waals surface area contributed by atoms with E-state index in [-0.39, 0.29) is 0 Å². The fourth-order valence-corrected chi connectivity index (χ4v) is 6.79. The first-order valence-electron chi connectivity index (χ1n) is 10.0. The van der Waals surface area contributed by atoms with Crippen molar-refractivity contribution in [2.75, 3.05) is 0 Å². The molecule has 0 radical (unpaired) electrons. The van der Waals surface area contributed by atoms with E-state index in [1.54, 1.807) is 0 Å². The molecule has 0 aliphatic heterocycles. The zero-order chi connectivity index (χ0) is 21.3. The van der Waals surface area contributed by atoms with Gasteiger partial charge in [-0.05, 0) is 23.6 Å². The molecule has 0 aliphatic carbocycles. The van der Waals surface area contributed by atoms with Crippen molar-refractivity contribution in [2.45, 2.75) is 0 Å². The van der Waals surface area contributed by atoms with Gasteiger partial charge in [0.2, 0.25) is 0 Å². The molecule has 0 fully saturated rings. The molecule has 5 aromatic rings. The smallest absolute Gasteiger partial charge is 0.189 e. The molecule has 0 amide bonds. The lowest BCUT2D eigenvalue weighted by Crippen LogP contribution is -2.28. The maximum atomic E-state index is 15.0. The van der Waals surface area contributed by atoms with Crippen LogP contribution in [0.15, 0.2) is 115 Å². The molecule has 1 heterocycles. The van der Waals surface area contributed by atoms with Gasteiger partial charge in [-0.1, -0.05) is 109 Å². The summed E-state index contributed by atoms with van der Waals surface area (Å²) < 4.78 is 15.0. The molecule has 31 heavy (non-hydrogen) atoms. The summed E-state index contributed by atoms with van der Waals surface area (Å²) >= 11 is 6.37. The number of hydrogen-bond donors (Lipinski definition) is 0. The van der Waals surface area contributed by atoms with Crippen molar-refractivity contribution in [3.63, 3.8) is 0 Å². The first-order valence-corrected chi connectivity index (χ1v) is 12.1. The number of halogens is 1. The van der Waals surface area contributed by atoms with Crippen LogP contribution in [0.25, 0.3) is 22.0 Å². The summed E-state index contributed by atoms with van der Waals surface area (Å²) in [5.41, 5.74) is 2.33. The van der Waals surface area contributed by atoms with Gasteiger partial charge in [0.05, 0.1) is 5.69 Å². The van der Waals surface area contributed by atoms with Crippen LogP contribution in [0.3, 0.4) is 0 Å². The molecule has 0 N–H and O–H groups in total. The third-order valence-corrected chi connectivity index (χ3v) is 8.61. The average Bonchev–Trinajstić information content (AvgIpc) is 2.84. The number of pyridine rings is 1. The second-order valence-corrected chi connectivity index (χ2v) is 10.5. The van der Waals surface area contributed by atoms with Gasteiger partial charge in [-0.15, -0.1) is 0 Å². The standard InChI is InChI=1S/C27H19ClNOP/c28-22-17-16-21-18-26(20-10-4-1-5-11-20)29-27(25(21)19-22)31(30,23-12-6-2-7-13-23)24-14-8-3-9-15-24/h1-19H. The second-order valence-electron chi connectivity index (χ2n) is 7.34. The Kier molecular flexibility index (Phi) is 5.19. The molecule has 2 nitrogen and oxygen atoms in total. The molecular weight excluding hydrogens is 421 g/mol. The Morgan fingerprint density at radius 3 is 1.77 bits per heavy atom. The van der Waals surface area contributed by atoms with Crippen LogP contribution in [0.4, 0.5) is 0 Å². The van der Waals surface area contributed by atoms with E-state index in [1.807, 2.05) is 115 Å². The fourth-order valence-electron chi connectivity index (χ4n) is 3.87. The summed E-state index contributed by atoms with van der Waals surface area (Å²) in [4.78, 5) is 5.02. The molecule has 0 spiro atoms. The molecule has 0 aliphatic rings. The van der Waals surface area contributed by atoms with E-state index >= 15 is 4.57 Å². The van der Waals surface area contributed by atoms with Crippen LogP contribution in [0.2, 0.25) is 5.02 Å². The van der Waals surface area contributed by atoms with Gasteiger partial charge in [-0.2, -0.15) is 0 Å². The third-order valence-electron chi connectivity index (χ3n) is 5.38. The van der Waals surface area contributed by atoms with Gasteiger partial charge in [0.1, 0.15) is 5.44 Å². The molecule has 4 aromatic carbocycles. The maximum Gasteiger partial charge on any atom is 0.189 e. The average molecular weight is 440 g/mol. The molecule has 0 bridgehead atoms. The van der Waals surface area contributed by atoms with Crippen molar-refractivity contribution in [1.82, 2.24) is 4.98 Å². The molecule has 150 valence electrons. The van der Waals surface area contributed by atoms with Crippen LogP contribution >= 0.6 is 18.7 Å². The van der Waals surface area contributed by atoms with Gasteiger partial charge < -0.3 is 4.57 Å². The van der Waals surface area contributed by atoms with E-state index in [0.29, 0.717) is 10.5 Å². The Bertz CT molecular complexity index is 1360. The van der Waals surface area contributed by atoms with Crippen LogP contribution in [-0.4, -0.2) is 4.98 Å². The zero-order valence-corrected chi connectivity index (χ0v) is 18.3. The van der Waals surface area contributed by atoms with Crippen LogP contribution in [-0.2, 0) is 4.57 Å². The van der Waals surface area contributed by atoms with Crippen LogP contribution < -0.4 is 16.0 Å². The van der Waals surface area contributed by atoms with Crippen molar-refractivity contribution in [3.8, 4) is 11.3 Å². The van der Waals surface area contributed by atoms with Gasteiger partial charge in [0.25, 0.3) is 0 Å². The van der Waals surface area contributed by atoms with Crippen LogP contribution in [0, 0.1) is 0 Å². The van der Waals surface area contributed by atoms with Gasteiger partial charge in [0, 0.05) is 26.6 Å². The fraction of sp³-hybridized carbons (Fsp3) is 0. The topological polar surface area (TPSA) is 30.0 Å². The summed E-state index contributed by atoms with van der Waals surface area (Å²) in [5, 5.41) is 3.86. The number of rotatable bonds is 4. The predicted molar refractivity (Wildman–Crippen MR) is 132 cm³/mol. The Morgan fingerprint density at radius 2 is 1.19 bits per heavy atom. The third kappa shape index (κ3) is 3.59. The van der Waals surface area contributed by atoms with E-state index in [2.05, 4.69) is 0 Å². The van der Waals surface area contributed by atoms with Gasteiger partial charge in [-0.3, -0.25) is 0 Å². The minimum atomic E-state index is -3.26. The molecule has 5 rings (SSSR count). The first-order chi connectivity index (χ1) is 15.2. The zero-order valence-electron chi connectivity index (χ0n) is 16.7. The molecule has 0 saturated heterocycles. The summed E-state index contributed by atoms with van der Waals surface area (Å²) in [6.45, 7) is 0. The lowest BCUT2D eigenvalue weighted by molar-refractivity contribution is 0.592. The van der Waals surface area contributed by atoms with Crippen molar-refractivity contribution in [2.24, 2.45) is 0 Å². The number of fused-ring (bicyclic) bond motifs is 1. The molecular formula is C27H19ClNOP. The van der Waals surface area contributed by atoms with Crippen molar-refractivity contribution < 1.29 is 4.57 Å². The second kappa shape index (κ2) is 8.15. The summed E-state index contributed by atoms with van der Waals surface area (Å²) in [5.74, 6) is 0. The molecule has 4 heteroatoms. The molecule has 1 aromatic heterocycles. The van der Waals surface area contributed by atoms with Gasteiger partial charge in [0.15, 0.2) is 7.14 Å². The highest BCUT2D eigenvalue weighted by Gasteiger charge is 2.33. The summed E-state index contributed by atoms with van der Waals surface area (Å²) in [6.07, 6.45) is 0. The minimum Gasteiger partial charge on any atom is -0.307 e. The Labute approximate surface area is 186 Å². The van der Waals surface area contributed by atoms with Gasteiger partial charge in [-0.25, -0.2) is 4.98 Å². The van der Waals surface area contributed by atoms with E-state index in [1.165, 1.54) is 0 Å². The van der Waals surface area contributed by atoms with E-state index in [9.17, 15) is 0 Å². The SMILES string of the molecule is O=P(c1ccccc1)(c1ccccc1)c1nc(-c2ccccc2)cc2ccc(Cl)cc12. The highest BCUT2D eigenvalue weighted by Crippen LogP contribution is 2.44. The van der Waals surface area contributed by atoms with Crippen molar-refractivity contribution in [1.29, 1.82) is 0 Å². The predicted octanol–water partition coefficient (Wildman–Crippen LogP) is 6.19. The van der Waals surface area contributed by atoms with Crippen molar-refractivity contribution >= 4 is 45.6 Å².